The highest BCUT2D eigenvalue weighted by Crippen LogP contribution is 2.28. The highest BCUT2D eigenvalue weighted by molar-refractivity contribution is 5.95. The van der Waals surface area contributed by atoms with Crippen LogP contribution in [0.2, 0.25) is 0 Å². The first kappa shape index (κ1) is 9.16. The number of benzene rings is 2. The lowest BCUT2D eigenvalue weighted by molar-refractivity contribution is 0.481. The largest absolute Gasteiger partial charge is 0.507 e. The number of phenols is 1. The topological polar surface area (TPSA) is 33.1 Å². The molecule has 0 spiro atoms. The Bertz CT molecular complexity index is 689. The van der Waals surface area contributed by atoms with Crippen molar-refractivity contribution in [3.63, 3.8) is 0 Å². The van der Waals surface area contributed by atoms with Crippen LogP contribution in [0.15, 0.2) is 42.5 Å². The average molecular weight is 209 g/mol. The van der Waals surface area contributed by atoms with Gasteiger partial charge >= 0.3 is 0 Å². The van der Waals surface area contributed by atoms with Crippen molar-refractivity contribution in [2.75, 3.05) is 0 Å². The number of aromatic hydroxyl groups is 1. The van der Waals surface area contributed by atoms with E-state index in [9.17, 15) is 5.11 Å². The first-order chi connectivity index (χ1) is 7.74. The molecule has 0 saturated heterocycles. The number of phenolic OH excluding ortho intramolecular Hbond substituents is 1. The number of para-hydroxylation sites is 1. The highest BCUT2D eigenvalue weighted by atomic mass is 16.3. The van der Waals surface area contributed by atoms with Crippen molar-refractivity contribution in [1.82, 2.24) is 4.98 Å². The van der Waals surface area contributed by atoms with Crippen molar-refractivity contribution in [3.8, 4) is 5.75 Å². The summed E-state index contributed by atoms with van der Waals surface area (Å²) >= 11 is 0. The molecule has 0 aliphatic rings. The lowest BCUT2D eigenvalue weighted by Gasteiger charge is -2.04. The van der Waals surface area contributed by atoms with Crippen molar-refractivity contribution < 1.29 is 5.11 Å². The van der Waals surface area contributed by atoms with Crippen LogP contribution in [0.25, 0.3) is 21.8 Å². The molecular formula is C14H11NO. The van der Waals surface area contributed by atoms with E-state index in [4.69, 9.17) is 0 Å². The van der Waals surface area contributed by atoms with Gasteiger partial charge < -0.3 is 5.11 Å². The molecule has 78 valence electrons. The van der Waals surface area contributed by atoms with Crippen LogP contribution in [0.4, 0.5) is 0 Å². The van der Waals surface area contributed by atoms with Gasteiger partial charge in [-0.1, -0.05) is 18.2 Å². The van der Waals surface area contributed by atoms with E-state index < -0.39 is 0 Å². The average Bonchev–Trinajstić information content (AvgIpc) is 2.27. The van der Waals surface area contributed by atoms with Crippen LogP contribution in [-0.2, 0) is 0 Å². The van der Waals surface area contributed by atoms with Crippen LogP contribution < -0.4 is 0 Å². The predicted molar refractivity (Wildman–Crippen MR) is 65.7 cm³/mol. The van der Waals surface area contributed by atoms with Gasteiger partial charge in [0.05, 0.1) is 11.0 Å². The van der Waals surface area contributed by atoms with Crippen LogP contribution in [0.5, 0.6) is 5.75 Å². The molecule has 0 atom stereocenters. The molecule has 0 bridgehead atoms. The summed E-state index contributed by atoms with van der Waals surface area (Å²) in [6.07, 6.45) is 0. The monoisotopic (exact) mass is 209 g/mol. The molecule has 16 heavy (non-hydrogen) atoms. The molecule has 0 aliphatic carbocycles. The smallest absolute Gasteiger partial charge is 0.125 e. The number of aryl methyl sites for hydroxylation is 1. The fourth-order valence-corrected chi connectivity index (χ4v) is 2.00. The van der Waals surface area contributed by atoms with Gasteiger partial charge in [-0.15, -0.1) is 0 Å². The van der Waals surface area contributed by atoms with Crippen LogP contribution >= 0.6 is 0 Å². The van der Waals surface area contributed by atoms with E-state index in [0.717, 1.165) is 27.4 Å². The Hall–Kier alpha value is -2.09. The fraction of sp³-hybridized carbons (Fsp3) is 0.0714. The summed E-state index contributed by atoms with van der Waals surface area (Å²) in [6, 6.07) is 13.7. The summed E-state index contributed by atoms with van der Waals surface area (Å²) in [7, 11) is 0. The molecule has 2 heteroatoms. The Kier molecular flexibility index (Phi) is 1.83. The maximum Gasteiger partial charge on any atom is 0.125 e. The van der Waals surface area contributed by atoms with E-state index in [-0.39, 0.29) is 0 Å². The van der Waals surface area contributed by atoms with Gasteiger partial charge in [-0.3, -0.25) is 0 Å². The first-order valence-corrected chi connectivity index (χ1v) is 5.23. The maximum absolute atomic E-state index is 9.87. The summed E-state index contributed by atoms with van der Waals surface area (Å²) in [4.78, 5) is 4.54. The van der Waals surface area contributed by atoms with Gasteiger partial charge in [0.1, 0.15) is 5.75 Å². The zero-order valence-corrected chi connectivity index (χ0v) is 8.94. The van der Waals surface area contributed by atoms with Crippen molar-refractivity contribution in [2.45, 2.75) is 6.92 Å². The third-order valence-corrected chi connectivity index (χ3v) is 2.76. The number of hydrogen-bond donors (Lipinski definition) is 1. The number of hydrogen-bond acceptors (Lipinski definition) is 2. The van der Waals surface area contributed by atoms with E-state index in [1.807, 2.05) is 43.3 Å². The molecule has 3 aromatic rings. The summed E-state index contributed by atoms with van der Waals surface area (Å²) in [5.41, 5.74) is 2.82. The second-order valence-corrected chi connectivity index (χ2v) is 4.03. The second kappa shape index (κ2) is 3.20. The third kappa shape index (κ3) is 1.31. The van der Waals surface area contributed by atoms with Gasteiger partial charge in [-0.2, -0.15) is 0 Å². The minimum Gasteiger partial charge on any atom is -0.507 e. The first-order valence-electron chi connectivity index (χ1n) is 5.23. The minimum atomic E-state index is 0.299. The fourth-order valence-electron chi connectivity index (χ4n) is 2.00. The van der Waals surface area contributed by atoms with Gasteiger partial charge in [-0.25, -0.2) is 4.98 Å². The van der Waals surface area contributed by atoms with Crippen LogP contribution in [0, 0.1) is 6.92 Å². The van der Waals surface area contributed by atoms with Gasteiger partial charge in [0.15, 0.2) is 0 Å². The standard InChI is InChI=1S/C14H11NO/c1-9-6-13-11(14(16)7-9)8-10-4-2-3-5-12(10)15-13/h2-8,16H,1H3. The predicted octanol–water partition coefficient (Wildman–Crippen LogP) is 3.40. The lowest BCUT2D eigenvalue weighted by atomic mass is 10.1. The van der Waals surface area contributed by atoms with Crippen molar-refractivity contribution in [3.05, 3.63) is 48.0 Å². The molecule has 2 nitrogen and oxygen atoms in total. The van der Waals surface area contributed by atoms with E-state index in [0.29, 0.717) is 5.75 Å². The Balaban J connectivity index is 2.51. The quantitative estimate of drug-likeness (QED) is 0.575. The molecule has 0 aliphatic heterocycles. The van der Waals surface area contributed by atoms with Crippen molar-refractivity contribution in [2.24, 2.45) is 0 Å². The molecule has 1 N–H and O–H groups in total. The molecule has 0 unspecified atom stereocenters. The lowest BCUT2D eigenvalue weighted by Crippen LogP contribution is -1.84. The zero-order valence-electron chi connectivity index (χ0n) is 8.94. The molecule has 0 saturated carbocycles. The number of aromatic nitrogens is 1. The number of fused-ring (bicyclic) bond motifs is 2. The van der Waals surface area contributed by atoms with E-state index in [2.05, 4.69) is 4.98 Å². The SMILES string of the molecule is Cc1cc(O)c2cc3ccccc3nc2c1. The second-order valence-electron chi connectivity index (χ2n) is 4.03. The summed E-state index contributed by atoms with van der Waals surface area (Å²) in [5.74, 6) is 0.299. The van der Waals surface area contributed by atoms with E-state index >= 15 is 0 Å². The van der Waals surface area contributed by atoms with Crippen LogP contribution in [0.3, 0.4) is 0 Å². The molecule has 0 fully saturated rings. The normalized spacial score (nSPS) is 11.1. The Morgan fingerprint density at radius 1 is 1.00 bits per heavy atom. The molecule has 1 aromatic heterocycles. The number of pyridine rings is 1. The molecular weight excluding hydrogens is 198 g/mol. The van der Waals surface area contributed by atoms with Crippen molar-refractivity contribution >= 4 is 21.8 Å². The zero-order chi connectivity index (χ0) is 11.1. The van der Waals surface area contributed by atoms with E-state index in [1.165, 1.54) is 0 Å². The maximum atomic E-state index is 9.87. The Labute approximate surface area is 93.2 Å². The van der Waals surface area contributed by atoms with Gasteiger partial charge in [0.2, 0.25) is 0 Å². The van der Waals surface area contributed by atoms with Gasteiger partial charge in [-0.05, 0) is 36.8 Å². The van der Waals surface area contributed by atoms with Crippen LogP contribution in [0.1, 0.15) is 5.56 Å². The molecule has 1 heterocycles. The van der Waals surface area contributed by atoms with Crippen molar-refractivity contribution in [1.29, 1.82) is 0 Å². The van der Waals surface area contributed by atoms with E-state index in [1.54, 1.807) is 6.07 Å². The molecule has 0 radical (unpaired) electrons. The third-order valence-electron chi connectivity index (χ3n) is 2.76. The summed E-state index contributed by atoms with van der Waals surface area (Å²) < 4.78 is 0. The molecule has 3 rings (SSSR count). The molecule has 2 aromatic carbocycles. The highest BCUT2D eigenvalue weighted by Gasteiger charge is 2.04. The summed E-state index contributed by atoms with van der Waals surface area (Å²) in [6.45, 7) is 1.95. The van der Waals surface area contributed by atoms with Gasteiger partial charge in [0.25, 0.3) is 0 Å². The number of nitrogens with zero attached hydrogens (tertiary/aromatic N) is 1. The van der Waals surface area contributed by atoms with Gasteiger partial charge in [0, 0.05) is 10.8 Å². The Morgan fingerprint density at radius 2 is 1.81 bits per heavy atom. The Morgan fingerprint density at radius 3 is 2.69 bits per heavy atom. The molecule has 0 amide bonds. The number of rotatable bonds is 0. The minimum absolute atomic E-state index is 0.299. The van der Waals surface area contributed by atoms with Crippen LogP contribution in [-0.4, -0.2) is 10.1 Å². The summed E-state index contributed by atoms with van der Waals surface area (Å²) in [5, 5.41) is 11.7.